The minimum Gasteiger partial charge on any atom is -0.493 e. The van der Waals surface area contributed by atoms with Crippen molar-refractivity contribution in [3.8, 4) is 11.5 Å². The van der Waals surface area contributed by atoms with E-state index in [2.05, 4.69) is 30.4 Å². The topological polar surface area (TPSA) is 126 Å². The van der Waals surface area contributed by atoms with Gasteiger partial charge in [0.15, 0.2) is 17.6 Å². The number of aromatic nitrogens is 4. The Bertz CT molecular complexity index is 1160. The lowest BCUT2D eigenvalue weighted by Gasteiger charge is -2.41. The van der Waals surface area contributed by atoms with Gasteiger partial charge in [-0.3, -0.25) is 14.7 Å². The Morgan fingerprint density at radius 3 is 2.79 bits per heavy atom. The summed E-state index contributed by atoms with van der Waals surface area (Å²) >= 11 is 0. The van der Waals surface area contributed by atoms with Crippen molar-refractivity contribution < 1.29 is 19.1 Å². The van der Waals surface area contributed by atoms with Crippen molar-refractivity contribution in [3.05, 3.63) is 36.4 Å². The van der Waals surface area contributed by atoms with Gasteiger partial charge in [-0.25, -0.2) is 9.97 Å². The van der Waals surface area contributed by atoms with Crippen LogP contribution >= 0.6 is 0 Å². The van der Waals surface area contributed by atoms with Crippen molar-refractivity contribution >= 4 is 28.5 Å². The molecule has 4 heterocycles. The van der Waals surface area contributed by atoms with E-state index < -0.39 is 6.10 Å². The van der Waals surface area contributed by atoms with E-state index in [1.54, 1.807) is 19.3 Å². The van der Waals surface area contributed by atoms with Crippen LogP contribution < -0.4 is 19.7 Å². The Morgan fingerprint density at radius 1 is 1.24 bits per heavy atom. The number of amides is 2. The van der Waals surface area contributed by atoms with Crippen LogP contribution in [0, 0.1) is 0 Å². The van der Waals surface area contributed by atoms with E-state index in [1.807, 2.05) is 17.9 Å². The minimum atomic E-state index is -0.754. The molecule has 0 radical (unpaired) electrons. The van der Waals surface area contributed by atoms with Crippen LogP contribution in [0.2, 0.25) is 0 Å². The largest absolute Gasteiger partial charge is 0.493 e. The number of aromatic amines is 1. The number of H-pyrrole nitrogens is 1. The van der Waals surface area contributed by atoms with Crippen molar-refractivity contribution in [2.75, 3.05) is 38.7 Å². The average Bonchev–Trinajstić information content (AvgIpc) is 3.32. The third-order valence-electron chi connectivity index (χ3n) is 5.72. The molecule has 2 amide bonds. The second-order valence-electron chi connectivity index (χ2n) is 7.85. The van der Waals surface area contributed by atoms with Gasteiger partial charge in [0.2, 0.25) is 0 Å². The molecule has 0 unspecified atom stereocenters. The van der Waals surface area contributed by atoms with E-state index in [-0.39, 0.29) is 23.6 Å². The molecule has 11 nitrogen and oxygen atoms in total. The number of pyridine rings is 2. The average molecular weight is 454 g/mol. The number of carbonyl (C=O) groups is 2. The van der Waals surface area contributed by atoms with Gasteiger partial charge in [-0.15, -0.1) is 0 Å². The highest BCUT2D eigenvalue weighted by Gasteiger charge is 2.32. The predicted octanol–water partition coefficient (Wildman–Crippen LogP) is 1.23. The normalized spacial score (nSPS) is 17.0. The van der Waals surface area contributed by atoms with E-state index in [0.29, 0.717) is 31.1 Å². The molecule has 0 aliphatic carbocycles. The molecular weight excluding hydrogens is 426 g/mol. The summed E-state index contributed by atoms with van der Waals surface area (Å²) in [6, 6.07) is 3.33. The van der Waals surface area contributed by atoms with Crippen LogP contribution in [0.15, 0.2) is 30.7 Å². The van der Waals surface area contributed by atoms with Crippen LogP contribution in [-0.4, -0.2) is 82.8 Å². The van der Waals surface area contributed by atoms with Gasteiger partial charge in [0.25, 0.3) is 11.8 Å². The lowest BCUT2D eigenvalue weighted by Crippen LogP contribution is -2.56. The number of hydrogen-bond acceptors (Lipinski definition) is 8. The van der Waals surface area contributed by atoms with Crippen LogP contribution in [0.5, 0.6) is 11.5 Å². The molecule has 4 rings (SSSR count). The number of anilines is 1. The van der Waals surface area contributed by atoms with Crippen molar-refractivity contribution in [1.82, 2.24) is 30.4 Å². The molecule has 1 fully saturated rings. The Morgan fingerprint density at radius 2 is 2.06 bits per heavy atom. The first-order valence-electron chi connectivity index (χ1n) is 10.7. The van der Waals surface area contributed by atoms with E-state index >= 15 is 0 Å². The molecule has 33 heavy (non-hydrogen) atoms. The van der Waals surface area contributed by atoms with E-state index in [9.17, 15) is 9.59 Å². The number of piperazine rings is 1. The molecule has 3 aromatic rings. The zero-order valence-corrected chi connectivity index (χ0v) is 19.0. The number of hydrogen-bond donors (Lipinski definition) is 2. The van der Waals surface area contributed by atoms with Crippen LogP contribution in [0.25, 0.3) is 10.9 Å². The lowest BCUT2D eigenvalue weighted by molar-refractivity contribution is -0.140. The summed E-state index contributed by atoms with van der Waals surface area (Å²) in [5, 5.41) is 10.5. The molecule has 0 aromatic carbocycles. The number of fused-ring (bicyclic) bond motifs is 1. The maximum Gasteiger partial charge on any atom is 0.269 e. The van der Waals surface area contributed by atoms with Gasteiger partial charge in [0.1, 0.15) is 11.5 Å². The van der Waals surface area contributed by atoms with Gasteiger partial charge in [0.05, 0.1) is 30.4 Å². The summed E-state index contributed by atoms with van der Waals surface area (Å²) in [7, 11) is 2.99. The van der Waals surface area contributed by atoms with Crippen LogP contribution in [0.1, 0.15) is 24.3 Å². The number of methoxy groups -OCH3 is 1. The zero-order valence-electron chi connectivity index (χ0n) is 19.0. The van der Waals surface area contributed by atoms with Crippen molar-refractivity contribution in [2.24, 2.45) is 0 Å². The molecular formula is C22H27N7O4. The number of nitrogens with one attached hydrogen (secondary N) is 2. The molecule has 3 aromatic heterocycles. The molecule has 1 aliphatic rings. The number of nitrogens with zero attached hydrogens (tertiary/aromatic N) is 5. The molecule has 1 saturated heterocycles. The highest BCUT2D eigenvalue weighted by Crippen LogP contribution is 2.29. The first-order chi connectivity index (χ1) is 15.9. The maximum absolute atomic E-state index is 13.2. The van der Waals surface area contributed by atoms with Crippen molar-refractivity contribution in [2.45, 2.75) is 26.0 Å². The highest BCUT2D eigenvalue weighted by molar-refractivity contribution is 5.92. The Kier molecular flexibility index (Phi) is 6.29. The van der Waals surface area contributed by atoms with Crippen LogP contribution in [0.3, 0.4) is 0 Å². The monoisotopic (exact) mass is 453 g/mol. The lowest BCUT2D eigenvalue weighted by atomic mass is 10.1. The molecule has 2 atom stereocenters. The van der Waals surface area contributed by atoms with Gasteiger partial charge in [-0.2, -0.15) is 5.10 Å². The fraction of sp³-hybridized carbons (Fsp3) is 0.409. The summed E-state index contributed by atoms with van der Waals surface area (Å²) in [6.07, 6.45) is 4.17. The van der Waals surface area contributed by atoms with E-state index in [4.69, 9.17) is 9.47 Å². The minimum absolute atomic E-state index is 0.0445. The molecule has 174 valence electrons. The van der Waals surface area contributed by atoms with Gasteiger partial charge >= 0.3 is 0 Å². The molecule has 2 N–H and O–H groups in total. The summed E-state index contributed by atoms with van der Waals surface area (Å²) in [6.45, 7) is 5.52. The third-order valence-corrected chi connectivity index (χ3v) is 5.72. The second-order valence-corrected chi connectivity index (χ2v) is 7.85. The SMILES string of the molecule is CNC(=O)c1cc(OC)c(O[C@@H](C)C(=O)N2CCN(c3nccc4[nH]ncc34)C[C@H]2C)cn1. The molecule has 0 spiro atoms. The van der Waals surface area contributed by atoms with Crippen molar-refractivity contribution in [3.63, 3.8) is 0 Å². The fourth-order valence-electron chi connectivity index (χ4n) is 3.98. The van der Waals surface area contributed by atoms with E-state index in [1.165, 1.54) is 26.4 Å². The molecule has 0 saturated carbocycles. The Hall–Kier alpha value is -3.89. The third kappa shape index (κ3) is 4.38. The molecule has 11 heteroatoms. The predicted molar refractivity (Wildman–Crippen MR) is 122 cm³/mol. The number of carbonyl (C=O) groups excluding carboxylic acids is 2. The summed E-state index contributed by atoms with van der Waals surface area (Å²) in [5.41, 5.74) is 1.13. The smallest absolute Gasteiger partial charge is 0.269 e. The van der Waals surface area contributed by atoms with Crippen LogP contribution in [-0.2, 0) is 4.79 Å². The standard InChI is InChI=1S/C22H27N7O4/c1-13-12-28(20-15-10-26-27-16(15)5-6-24-20)7-8-29(13)22(31)14(2)33-19-11-25-17(21(30)23-3)9-18(19)32-4/h5-6,9-11,13-14H,7-8,12H2,1-4H3,(H,23,30)(H,26,27)/t13-,14+/m1/s1. The molecule has 0 bridgehead atoms. The van der Waals surface area contributed by atoms with Gasteiger partial charge in [-0.1, -0.05) is 0 Å². The van der Waals surface area contributed by atoms with Crippen molar-refractivity contribution in [1.29, 1.82) is 0 Å². The van der Waals surface area contributed by atoms with Gasteiger partial charge in [0, 0.05) is 45.0 Å². The first kappa shape index (κ1) is 22.3. The molecule has 1 aliphatic heterocycles. The maximum atomic E-state index is 13.2. The highest BCUT2D eigenvalue weighted by atomic mass is 16.5. The Balaban J connectivity index is 1.43. The quantitative estimate of drug-likeness (QED) is 0.571. The van der Waals surface area contributed by atoms with Crippen LogP contribution in [0.4, 0.5) is 5.82 Å². The zero-order chi connectivity index (χ0) is 23.5. The number of ether oxygens (including phenoxy) is 2. The van der Waals surface area contributed by atoms with Gasteiger partial charge in [-0.05, 0) is 19.9 Å². The summed E-state index contributed by atoms with van der Waals surface area (Å²) < 4.78 is 11.2. The summed E-state index contributed by atoms with van der Waals surface area (Å²) in [4.78, 5) is 37.6. The summed E-state index contributed by atoms with van der Waals surface area (Å²) in [5.74, 6) is 1.02. The van der Waals surface area contributed by atoms with Gasteiger partial charge < -0.3 is 24.6 Å². The Labute approximate surface area is 191 Å². The number of rotatable bonds is 6. The fourth-order valence-corrected chi connectivity index (χ4v) is 3.98. The van der Waals surface area contributed by atoms with E-state index in [0.717, 1.165) is 16.7 Å². The first-order valence-corrected chi connectivity index (χ1v) is 10.7. The second kappa shape index (κ2) is 9.31.